The number of nitrogens with one attached hydrogen (secondary N) is 1. The van der Waals surface area contributed by atoms with Gasteiger partial charge in [-0.25, -0.2) is 13.1 Å². The molecular formula is C10H10ClN3O3S. The Bertz CT molecular complexity index is 640. The molecule has 0 spiro atoms. The summed E-state index contributed by atoms with van der Waals surface area (Å²) < 4.78 is 31.1. The molecule has 1 heterocycles. The second-order valence-corrected chi connectivity index (χ2v) is 5.66. The van der Waals surface area contributed by atoms with Crippen molar-refractivity contribution in [1.82, 2.24) is 9.88 Å². The number of benzene rings is 1. The van der Waals surface area contributed by atoms with E-state index in [4.69, 9.17) is 21.9 Å². The molecule has 0 aliphatic rings. The minimum Gasteiger partial charge on any atom is -0.398 e. The average Bonchev–Trinajstić information content (AvgIpc) is 2.83. The Balaban J connectivity index is 2.22. The summed E-state index contributed by atoms with van der Waals surface area (Å²) in [7, 11) is -3.74. The van der Waals surface area contributed by atoms with Crippen molar-refractivity contribution in [3.63, 3.8) is 0 Å². The molecule has 0 amide bonds. The van der Waals surface area contributed by atoms with Gasteiger partial charge in [0.25, 0.3) is 0 Å². The highest BCUT2D eigenvalue weighted by Gasteiger charge is 2.18. The highest BCUT2D eigenvalue weighted by atomic mass is 35.5. The van der Waals surface area contributed by atoms with Crippen LogP contribution >= 0.6 is 11.6 Å². The fourth-order valence-corrected chi connectivity index (χ4v) is 2.70. The molecule has 0 aliphatic heterocycles. The SMILES string of the molecule is Nc1ccc(Cl)cc1S(=O)(=O)NCc1ccno1. The third-order valence-electron chi connectivity index (χ3n) is 2.19. The van der Waals surface area contributed by atoms with Gasteiger partial charge >= 0.3 is 0 Å². The van der Waals surface area contributed by atoms with E-state index in [1.807, 2.05) is 0 Å². The first-order chi connectivity index (χ1) is 8.49. The summed E-state index contributed by atoms with van der Waals surface area (Å²) in [4.78, 5) is -0.0606. The smallest absolute Gasteiger partial charge is 0.243 e. The summed E-state index contributed by atoms with van der Waals surface area (Å²) in [6.07, 6.45) is 1.43. The normalized spacial score (nSPS) is 11.6. The Morgan fingerprint density at radius 2 is 2.17 bits per heavy atom. The summed E-state index contributed by atoms with van der Waals surface area (Å²) in [6.45, 7) is -0.00567. The number of sulfonamides is 1. The Morgan fingerprint density at radius 3 is 2.83 bits per heavy atom. The molecular weight excluding hydrogens is 278 g/mol. The first kappa shape index (κ1) is 12.9. The van der Waals surface area contributed by atoms with Gasteiger partial charge in [-0.3, -0.25) is 0 Å². The number of nitrogen functional groups attached to an aromatic ring is 1. The van der Waals surface area contributed by atoms with E-state index in [2.05, 4.69) is 9.88 Å². The first-order valence-corrected chi connectivity index (χ1v) is 6.79. The number of nitrogens with two attached hydrogens (primary N) is 1. The minimum absolute atomic E-state index is 0.00567. The predicted molar refractivity (Wildman–Crippen MR) is 66.4 cm³/mol. The fraction of sp³-hybridized carbons (Fsp3) is 0.100. The first-order valence-electron chi connectivity index (χ1n) is 4.93. The van der Waals surface area contributed by atoms with Crippen LogP contribution in [0.5, 0.6) is 0 Å². The molecule has 0 radical (unpaired) electrons. The van der Waals surface area contributed by atoms with E-state index in [1.165, 1.54) is 24.4 Å². The van der Waals surface area contributed by atoms with Crippen LogP contribution in [0.4, 0.5) is 5.69 Å². The van der Waals surface area contributed by atoms with Crippen LogP contribution < -0.4 is 10.5 Å². The molecule has 18 heavy (non-hydrogen) atoms. The van der Waals surface area contributed by atoms with Crippen molar-refractivity contribution in [2.45, 2.75) is 11.4 Å². The van der Waals surface area contributed by atoms with Crippen LogP contribution in [0.3, 0.4) is 0 Å². The van der Waals surface area contributed by atoms with Crippen LogP contribution in [0.25, 0.3) is 0 Å². The summed E-state index contributed by atoms with van der Waals surface area (Å²) in [6, 6.07) is 5.81. The monoisotopic (exact) mass is 287 g/mol. The molecule has 0 unspecified atom stereocenters. The maximum Gasteiger partial charge on any atom is 0.243 e. The number of rotatable bonds is 4. The van der Waals surface area contributed by atoms with Gasteiger partial charge in [0.1, 0.15) is 4.90 Å². The zero-order valence-corrected chi connectivity index (χ0v) is 10.7. The van der Waals surface area contributed by atoms with Gasteiger partial charge < -0.3 is 10.3 Å². The quantitative estimate of drug-likeness (QED) is 0.828. The third-order valence-corrected chi connectivity index (χ3v) is 3.88. The molecule has 0 saturated carbocycles. The number of halogens is 1. The molecule has 0 bridgehead atoms. The highest BCUT2D eigenvalue weighted by molar-refractivity contribution is 7.89. The summed E-state index contributed by atoms with van der Waals surface area (Å²) in [5.74, 6) is 0.402. The standard InChI is InChI=1S/C10H10ClN3O3S/c11-7-1-2-9(12)10(5-7)18(15,16)14-6-8-3-4-13-17-8/h1-5,14H,6,12H2. The van der Waals surface area contributed by atoms with E-state index >= 15 is 0 Å². The summed E-state index contributed by atoms with van der Waals surface area (Å²) in [5, 5.41) is 3.77. The van der Waals surface area contributed by atoms with Gasteiger partial charge in [-0.2, -0.15) is 0 Å². The maximum atomic E-state index is 12.0. The van der Waals surface area contributed by atoms with Crippen molar-refractivity contribution >= 4 is 27.3 Å². The van der Waals surface area contributed by atoms with Crippen LogP contribution in [0.15, 0.2) is 39.9 Å². The van der Waals surface area contributed by atoms with Gasteiger partial charge in [0, 0.05) is 11.1 Å². The molecule has 96 valence electrons. The summed E-state index contributed by atoms with van der Waals surface area (Å²) >= 11 is 5.75. The predicted octanol–water partition coefficient (Wildman–Crippen LogP) is 1.39. The second kappa shape index (κ2) is 4.97. The molecule has 6 nitrogen and oxygen atoms in total. The van der Waals surface area contributed by atoms with E-state index in [0.29, 0.717) is 10.8 Å². The Labute approximate surface area is 109 Å². The van der Waals surface area contributed by atoms with Gasteiger partial charge in [0.05, 0.1) is 18.4 Å². The van der Waals surface area contributed by atoms with Gasteiger partial charge in [0.2, 0.25) is 10.0 Å². The van der Waals surface area contributed by atoms with Crippen LogP contribution in [-0.4, -0.2) is 13.6 Å². The number of anilines is 1. The van der Waals surface area contributed by atoms with E-state index in [0.717, 1.165) is 0 Å². The molecule has 1 aromatic carbocycles. The van der Waals surface area contributed by atoms with Crippen LogP contribution in [-0.2, 0) is 16.6 Å². The number of nitrogens with zero attached hydrogens (tertiary/aromatic N) is 1. The Hall–Kier alpha value is -1.57. The van der Waals surface area contributed by atoms with Crippen LogP contribution in [0, 0.1) is 0 Å². The molecule has 0 atom stereocenters. The highest BCUT2D eigenvalue weighted by Crippen LogP contribution is 2.22. The van der Waals surface area contributed by atoms with Crippen molar-refractivity contribution in [1.29, 1.82) is 0 Å². The minimum atomic E-state index is -3.74. The van der Waals surface area contributed by atoms with E-state index in [-0.39, 0.29) is 17.1 Å². The van der Waals surface area contributed by atoms with E-state index in [1.54, 1.807) is 6.07 Å². The second-order valence-electron chi connectivity index (χ2n) is 3.49. The number of aromatic nitrogens is 1. The molecule has 2 aromatic rings. The molecule has 1 aromatic heterocycles. The van der Waals surface area contributed by atoms with Crippen LogP contribution in [0.1, 0.15) is 5.76 Å². The zero-order valence-electron chi connectivity index (χ0n) is 9.13. The maximum absolute atomic E-state index is 12.0. The molecule has 8 heteroatoms. The van der Waals surface area contributed by atoms with Crippen molar-refractivity contribution in [2.75, 3.05) is 5.73 Å². The van der Waals surface area contributed by atoms with Crippen molar-refractivity contribution < 1.29 is 12.9 Å². The average molecular weight is 288 g/mol. The van der Waals surface area contributed by atoms with Gasteiger partial charge in [-0.05, 0) is 18.2 Å². The van der Waals surface area contributed by atoms with E-state index in [9.17, 15) is 8.42 Å². The third kappa shape index (κ3) is 2.81. The van der Waals surface area contributed by atoms with Crippen LogP contribution in [0.2, 0.25) is 5.02 Å². The lowest BCUT2D eigenvalue weighted by molar-refractivity contribution is 0.380. The van der Waals surface area contributed by atoms with Gasteiger partial charge in [-0.15, -0.1) is 0 Å². The topological polar surface area (TPSA) is 98.2 Å². The lowest BCUT2D eigenvalue weighted by Crippen LogP contribution is -2.24. The fourth-order valence-electron chi connectivity index (χ4n) is 1.32. The Kier molecular flexibility index (Phi) is 3.55. The molecule has 0 aliphatic carbocycles. The number of hydrogen-bond donors (Lipinski definition) is 2. The zero-order chi connectivity index (χ0) is 13.2. The molecule has 0 saturated heterocycles. The lowest BCUT2D eigenvalue weighted by atomic mass is 10.3. The van der Waals surface area contributed by atoms with Gasteiger partial charge in [0.15, 0.2) is 5.76 Å². The molecule has 3 N–H and O–H groups in total. The van der Waals surface area contributed by atoms with Crippen molar-refractivity contribution in [3.8, 4) is 0 Å². The largest absolute Gasteiger partial charge is 0.398 e. The van der Waals surface area contributed by atoms with E-state index < -0.39 is 10.0 Å². The van der Waals surface area contributed by atoms with Crippen molar-refractivity contribution in [3.05, 3.63) is 41.2 Å². The number of hydrogen-bond acceptors (Lipinski definition) is 5. The lowest BCUT2D eigenvalue weighted by Gasteiger charge is -2.08. The molecule has 2 rings (SSSR count). The Morgan fingerprint density at radius 1 is 1.39 bits per heavy atom. The van der Waals surface area contributed by atoms with Gasteiger partial charge in [-0.1, -0.05) is 16.8 Å². The summed E-state index contributed by atoms with van der Waals surface area (Å²) in [5.41, 5.74) is 5.74. The van der Waals surface area contributed by atoms with Crippen molar-refractivity contribution in [2.24, 2.45) is 0 Å². The molecule has 0 fully saturated rings.